The maximum Gasteiger partial charge on any atom is 0.802 e. The van der Waals surface area contributed by atoms with E-state index in [2.05, 4.69) is 0 Å². The fraction of sp³-hybridized carbons (Fsp3) is 0. The minimum absolute atomic E-state index is 0. The van der Waals surface area contributed by atoms with Gasteiger partial charge in [-0.2, -0.15) is 0 Å². The third-order valence-electron chi connectivity index (χ3n) is 1.05. The van der Waals surface area contributed by atoms with E-state index < -0.39 is 15.1 Å². The van der Waals surface area contributed by atoms with E-state index >= 15 is 0 Å². The monoisotopic (exact) mass is 178 g/mol. The van der Waals surface area contributed by atoms with Gasteiger partial charge in [-0.25, -0.2) is 0 Å². The van der Waals surface area contributed by atoms with Crippen LogP contribution in [-0.4, -0.2) is 15.1 Å². The zero-order chi connectivity index (χ0) is 6.69. The molecule has 0 N–H and O–H groups in total. The molecular formula is C6H6AlClF2. The zero-order valence-corrected chi connectivity index (χ0v) is 7.10. The molecule has 0 aliphatic rings. The lowest BCUT2D eigenvalue weighted by Gasteiger charge is -1.88. The van der Waals surface area contributed by atoms with E-state index in [1.807, 2.05) is 0 Å². The lowest BCUT2D eigenvalue weighted by molar-refractivity contribution is 0.685. The maximum atomic E-state index is 11.9. The van der Waals surface area contributed by atoms with Crippen molar-refractivity contribution in [2.75, 3.05) is 0 Å². The van der Waals surface area contributed by atoms with Gasteiger partial charge in [-0.3, -0.25) is 0 Å². The molecule has 4 heteroatoms. The van der Waals surface area contributed by atoms with Crippen LogP contribution in [0.25, 0.3) is 0 Å². The summed E-state index contributed by atoms with van der Waals surface area (Å²) >= 11 is -3.53. The van der Waals surface area contributed by atoms with Crippen molar-refractivity contribution in [3.05, 3.63) is 30.3 Å². The summed E-state index contributed by atoms with van der Waals surface area (Å²) in [7, 11) is 0. The Labute approximate surface area is 69.6 Å². The van der Waals surface area contributed by atoms with E-state index in [1.54, 1.807) is 18.2 Å². The summed E-state index contributed by atoms with van der Waals surface area (Å²) in [4.78, 5) is 0. The van der Waals surface area contributed by atoms with E-state index in [-0.39, 0.29) is 16.8 Å². The van der Waals surface area contributed by atoms with E-state index in [0.29, 0.717) is 0 Å². The first kappa shape index (κ1) is 9.90. The average Bonchev–Trinajstić information content (AvgIpc) is 1.90. The van der Waals surface area contributed by atoms with Crippen LogP contribution >= 0.6 is 12.4 Å². The Morgan fingerprint density at radius 1 is 1.00 bits per heavy atom. The summed E-state index contributed by atoms with van der Waals surface area (Å²) in [6.45, 7) is 0. The molecule has 1 aromatic carbocycles. The molecule has 0 atom stereocenters. The van der Waals surface area contributed by atoms with Gasteiger partial charge in [-0.1, -0.05) is 30.3 Å². The summed E-state index contributed by atoms with van der Waals surface area (Å²) in [6.07, 6.45) is 0. The van der Waals surface area contributed by atoms with Gasteiger partial charge < -0.3 is 7.05 Å². The number of halogens is 3. The molecule has 0 aliphatic carbocycles. The summed E-state index contributed by atoms with van der Waals surface area (Å²) in [5, 5.41) is 0. The van der Waals surface area contributed by atoms with E-state index in [9.17, 15) is 7.05 Å². The van der Waals surface area contributed by atoms with Gasteiger partial charge in [0.05, 0.1) is 0 Å². The van der Waals surface area contributed by atoms with Crippen LogP contribution < -0.4 is 4.43 Å². The Bertz CT molecular complexity index is 178. The maximum absolute atomic E-state index is 11.9. The molecule has 0 heterocycles. The smallest absolute Gasteiger partial charge is 0.370 e. The normalized spacial score (nSPS) is 8.20. The lowest BCUT2D eigenvalue weighted by atomic mass is 10.4. The second-order valence-electron chi connectivity index (χ2n) is 1.71. The zero-order valence-electron chi connectivity index (χ0n) is 5.13. The van der Waals surface area contributed by atoms with Gasteiger partial charge in [0.15, 0.2) is 0 Å². The summed E-state index contributed by atoms with van der Waals surface area (Å²) in [5.74, 6) is 0. The number of hydrogen-bond donors (Lipinski definition) is 0. The van der Waals surface area contributed by atoms with Crippen LogP contribution in [0.3, 0.4) is 0 Å². The predicted octanol–water partition coefficient (Wildman–Crippen LogP) is 1.74. The highest BCUT2D eigenvalue weighted by atomic mass is 35.5. The van der Waals surface area contributed by atoms with Crippen molar-refractivity contribution < 1.29 is 7.05 Å². The third-order valence-corrected chi connectivity index (χ3v) is 1.94. The van der Waals surface area contributed by atoms with Crippen molar-refractivity contribution in [3.8, 4) is 0 Å². The highest BCUT2D eigenvalue weighted by Crippen LogP contribution is 1.89. The van der Waals surface area contributed by atoms with Gasteiger partial charge in [0.25, 0.3) is 0 Å². The molecule has 0 radical (unpaired) electrons. The molecule has 54 valence electrons. The third kappa shape index (κ3) is 2.66. The van der Waals surface area contributed by atoms with E-state index in [1.165, 1.54) is 12.1 Å². The molecule has 0 aromatic heterocycles. The molecule has 0 unspecified atom stereocenters. The van der Waals surface area contributed by atoms with Crippen molar-refractivity contribution in [2.24, 2.45) is 0 Å². The minimum Gasteiger partial charge on any atom is -0.370 e. The highest BCUT2D eigenvalue weighted by molar-refractivity contribution is 6.59. The van der Waals surface area contributed by atoms with Crippen molar-refractivity contribution >= 4 is 31.9 Å². The summed E-state index contributed by atoms with van der Waals surface area (Å²) < 4.78 is 24.0. The number of hydrogen-bond acceptors (Lipinski definition) is 0. The van der Waals surface area contributed by atoms with Crippen LogP contribution in [0.15, 0.2) is 30.3 Å². The van der Waals surface area contributed by atoms with Crippen LogP contribution in [0.4, 0.5) is 7.05 Å². The molecule has 0 saturated carbocycles. The van der Waals surface area contributed by atoms with Gasteiger partial charge in [0, 0.05) is 0 Å². The van der Waals surface area contributed by atoms with Crippen molar-refractivity contribution in [2.45, 2.75) is 0 Å². The Balaban J connectivity index is 0.000000810. The van der Waals surface area contributed by atoms with E-state index in [0.717, 1.165) is 0 Å². The van der Waals surface area contributed by atoms with Crippen molar-refractivity contribution in [1.82, 2.24) is 0 Å². The van der Waals surface area contributed by atoms with Crippen LogP contribution in [0, 0.1) is 0 Å². The molecule has 0 aliphatic heterocycles. The van der Waals surface area contributed by atoms with Crippen molar-refractivity contribution in [3.63, 3.8) is 0 Å². The highest BCUT2D eigenvalue weighted by Gasteiger charge is 2.22. The van der Waals surface area contributed by atoms with Gasteiger partial charge in [0.2, 0.25) is 0 Å². The summed E-state index contributed by atoms with van der Waals surface area (Å²) in [6, 6.07) is 7.94. The molecule has 10 heavy (non-hydrogen) atoms. The summed E-state index contributed by atoms with van der Waals surface area (Å²) in [5.41, 5.74) is 0. The van der Waals surface area contributed by atoms with Gasteiger partial charge >= 0.3 is 15.1 Å². The van der Waals surface area contributed by atoms with Crippen LogP contribution in [0.1, 0.15) is 0 Å². The topological polar surface area (TPSA) is 0 Å². The van der Waals surface area contributed by atoms with Crippen LogP contribution in [0.5, 0.6) is 0 Å². The Hall–Kier alpha value is -0.0975. The quantitative estimate of drug-likeness (QED) is 0.575. The fourth-order valence-corrected chi connectivity index (χ4v) is 1.11. The van der Waals surface area contributed by atoms with Crippen LogP contribution in [-0.2, 0) is 0 Å². The standard InChI is InChI=1S/C6H5.Al.ClH.2FH/c1-2-4-6-5-3-1;;;;/h1-5H;;3*1H/q;+2;;;/p-2. The lowest BCUT2D eigenvalue weighted by Crippen LogP contribution is -2.18. The van der Waals surface area contributed by atoms with Gasteiger partial charge in [0.1, 0.15) is 0 Å². The average molecular weight is 179 g/mol. The Morgan fingerprint density at radius 2 is 1.50 bits per heavy atom. The number of rotatable bonds is 1. The molecule has 1 aromatic rings. The minimum atomic E-state index is -3.53. The van der Waals surface area contributed by atoms with Crippen molar-refractivity contribution in [1.29, 1.82) is 0 Å². The molecule has 0 nitrogen and oxygen atoms in total. The van der Waals surface area contributed by atoms with E-state index in [4.69, 9.17) is 0 Å². The molecule has 0 saturated heterocycles. The molecular weight excluding hydrogens is 172 g/mol. The largest absolute Gasteiger partial charge is 0.802 e. The molecule has 0 fully saturated rings. The Kier molecular flexibility index (Phi) is 4.63. The van der Waals surface area contributed by atoms with Gasteiger partial charge in [-0.05, 0) is 4.43 Å². The Morgan fingerprint density at radius 3 is 1.80 bits per heavy atom. The van der Waals surface area contributed by atoms with Crippen LogP contribution in [0.2, 0.25) is 0 Å². The number of benzene rings is 1. The molecule has 0 bridgehead atoms. The SMILES string of the molecule is Cl.[F][Al]([F])[c]1ccccc1. The molecule has 0 amide bonds. The first-order valence-electron chi connectivity index (χ1n) is 2.64. The predicted molar refractivity (Wildman–Crippen MR) is 41.3 cm³/mol. The second kappa shape index (κ2) is 4.68. The first-order chi connectivity index (χ1) is 4.30. The fourth-order valence-electron chi connectivity index (χ4n) is 0.599. The second-order valence-corrected chi connectivity index (χ2v) is 2.98. The molecule has 1 rings (SSSR count). The molecule has 0 spiro atoms. The van der Waals surface area contributed by atoms with Gasteiger partial charge in [-0.15, -0.1) is 12.4 Å². The first-order valence-corrected chi connectivity index (χ1v) is 4.09.